The first-order chi connectivity index (χ1) is 8.78. The first-order valence-corrected chi connectivity index (χ1v) is 7.03. The number of nitrogens with two attached hydrogens (primary N) is 1. The minimum absolute atomic E-state index is 0.119. The summed E-state index contributed by atoms with van der Waals surface area (Å²) in [5.74, 6) is 0. The van der Waals surface area contributed by atoms with Gasteiger partial charge in [-0.3, -0.25) is 0 Å². The lowest BCUT2D eigenvalue weighted by molar-refractivity contribution is 0.0283. The second-order valence-electron chi connectivity index (χ2n) is 4.66. The van der Waals surface area contributed by atoms with Crippen LogP contribution in [0.3, 0.4) is 0 Å². The quantitative estimate of drug-likeness (QED) is 0.898. The summed E-state index contributed by atoms with van der Waals surface area (Å²) in [6.07, 6.45) is 0.119. The summed E-state index contributed by atoms with van der Waals surface area (Å²) in [6, 6.07) is 8.60. The summed E-state index contributed by atoms with van der Waals surface area (Å²) in [5.41, 5.74) is 6.77. The molecular weight excluding hydrogens is 246 g/mol. The van der Waals surface area contributed by atoms with Crippen molar-refractivity contribution >= 4 is 26.7 Å². The van der Waals surface area contributed by atoms with E-state index in [0.29, 0.717) is 12.6 Å². The molecule has 1 aromatic heterocycles. The molecule has 5 heteroatoms. The fourth-order valence-corrected chi connectivity index (χ4v) is 3.29. The zero-order valence-electron chi connectivity index (χ0n) is 10.4. The van der Waals surface area contributed by atoms with Crippen LogP contribution in [0.2, 0.25) is 0 Å². The van der Waals surface area contributed by atoms with Crippen molar-refractivity contribution in [1.82, 2.24) is 4.98 Å². The highest BCUT2D eigenvalue weighted by atomic mass is 32.1. The van der Waals surface area contributed by atoms with E-state index in [1.54, 1.807) is 11.3 Å². The average Bonchev–Trinajstić information content (AvgIpc) is 2.82. The Balaban J connectivity index is 1.92. The molecular formula is C13H17N3OS. The number of fused-ring (bicyclic) bond motifs is 1. The molecule has 0 radical (unpaired) electrons. The predicted molar refractivity (Wildman–Crippen MR) is 75.2 cm³/mol. The zero-order chi connectivity index (χ0) is 12.5. The minimum Gasteiger partial charge on any atom is -0.373 e. The topological polar surface area (TPSA) is 51.4 Å². The van der Waals surface area contributed by atoms with Crippen molar-refractivity contribution in [3.05, 3.63) is 24.3 Å². The van der Waals surface area contributed by atoms with Crippen molar-refractivity contribution in [2.45, 2.75) is 19.1 Å². The number of morpholine rings is 1. The Morgan fingerprint density at radius 3 is 3.11 bits per heavy atom. The molecule has 0 amide bonds. The number of hydrogen-bond acceptors (Lipinski definition) is 5. The van der Waals surface area contributed by atoms with Crippen molar-refractivity contribution < 1.29 is 4.74 Å². The van der Waals surface area contributed by atoms with E-state index in [0.717, 1.165) is 23.8 Å². The molecule has 4 nitrogen and oxygen atoms in total. The summed E-state index contributed by atoms with van der Waals surface area (Å²) in [6.45, 7) is 4.28. The largest absolute Gasteiger partial charge is 0.373 e. The number of aromatic nitrogens is 1. The van der Waals surface area contributed by atoms with Crippen molar-refractivity contribution in [1.29, 1.82) is 0 Å². The van der Waals surface area contributed by atoms with Gasteiger partial charge in [0.25, 0.3) is 0 Å². The number of benzene rings is 1. The Morgan fingerprint density at radius 1 is 1.50 bits per heavy atom. The molecule has 2 aromatic rings. The van der Waals surface area contributed by atoms with Crippen LogP contribution in [0.1, 0.15) is 6.92 Å². The molecule has 96 valence electrons. The molecule has 1 aliphatic heterocycles. The second-order valence-corrected chi connectivity index (χ2v) is 5.67. The molecule has 2 atom stereocenters. The maximum absolute atomic E-state index is 5.70. The number of nitrogens with zero attached hydrogens (tertiary/aromatic N) is 2. The molecule has 2 unspecified atom stereocenters. The maximum atomic E-state index is 5.70. The Labute approximate surface area is 110 Å². The van der Waals surface area contributed by atoms with Crippen LogP contribution in [0.5, 0.6) is 0 Å². The van der Waals surface area contributed by atoms with E-state index < -0.39 is 0 Å². The number of para-hydroxylation sites is 1. The lowest BCUT2D eigenvalue weighted by Gasteiger charge is -2.37. The second kappa shape index (κ2) is 4.84. The monoisotopic (exact) mass is 263 g/mol. The lowest BCUT2D eigenvalue weighted by Crippen LogP contribution is -2.50. The van der Waals surface area contributed by atoms with Gasteiger partial charge in [0.2, 0.25) is 0 Å². The molecule has 3 rings (SSSR count). The highest BCUT2D eigenvalue weighted by Gasteiger charge is 2.27. The number of ether oxygens (including phenoxy) is 1. The standard InChI is InChI=1S/C13H17N3OS/c1-9-8-17-10(6-14)7-16(9)13-15-11-4-2-3-5-12(11)18-13/h2-5,9-10H,6-8,14H2,1H3. The fraction of sp³-hybridized carbons (Fsp3) is 0.462. The van der Waals surface area contributed by atoms with E-state index in [1.807, 2.05) is 6.07 Å². The maximum Gasteiger partial charge on any atom is 0.186 e. The molecule has 0 spiro atoms. The first-order valence-electron chi connectivity index (χ1n) is 6.22. The summed E-state index contributed by atoms with van der Waals surface area (Å²) in [5, 5.41) is 1.07. The van der Waals surface area contributed by atoms with Gasteiger partial charge in [0, 0.05) is 13.1 Å². The van der Waals surface area contributed by atoms with Crippen LogP contribution in [0.4, 0.5) is 5.13 Å². The van der Waals surface area contributed by atoms with Crippen LogP contribution in [-0.4, -0.2) is 36.8 Å². The summed E-state index contributed by atoms with van der Waals surface area (Å²) >= 11 is 1.74. The van der Waals surface area contributed by atoms with Crippen molar-refractivity contribution in [3.8, 4) is 0 Å². The summed E-state index contributed by atoms with van der Waals surface area (Å²) in [7, 11) is 0. The highest BCUT2D eigenvalue weighted by Crippen LogP contribution is 2.31. The van der Waals surface area contributed by atoms with E-state index in [9.17, 15) is 0 Å². The minimum atomic E-state index is 0.119. The third-order valence-electron chi connectivity index (χ3n) is 3.30. The van der Waals surface area contributed by atoms with Gasteiger partial charge in [0.15, 0.2) is 5.13 Å². The van der Waals surface area contributed by atoms with E-state index >= 15 is 0 Å². The zero-order valence-corrected chi connectivity index (χ0v) is 11.2. The Bertz CT molecular complexity index is 509. The molecule has 1 saturated heterocycles. The number of hydrogen-bond donors (Lipinski definition) is 1. The number of thiazole rings is 1. The molecule has 1 aromatic carbocycles. The van der Waals surface area contributed by atoms with E-state index in [1.165, 1.54) is 4.70 Å². The lowest BCUT2D eigenvalue weighted by atomic mass is 10.2. The van der Waals surface area contributed by atoms with Gasteiger partial charge < -0.3 is 15.4 Å². The Kier molecular flexibility index (Phi) is 3.20. The molecule has 0 saturated carbocycles. The average molecular weight is 263 g/mol. The van der Waals surface area contributed by atoms with Crippen molar-refractivity contribution in [2.24, 2.45) is 5.73 Å². The Hall–Kier alpha value is -1.17. The fourth-order valence-electron chi connectivity index (χ4n) is 2.21. The third-order valence-corrected chi connectivity index (χ3v) is 4.37. The van der Waals surface area contributed by atoms with Gasteiger partial charge in [-0.05, 0) is 19.1 Å². The molecule has 2 heterocycles. The molecule has 0 aliphatic carbocycles. The van der Waals surface area contributed by atoms with Gasteiger partial charge in [-0.25, -0.2) is 4.98 Å². The van der Waals surface area contributed by atoms with Crippen LogP contribution in [0.15, 0.2) is 24.3 Å². The van der Waals surface area contributed by atoms with Crippen LogP contribution in [0, 0.1) is 0 Å². The highest BCUT2D eigenvalue weighted by molar-refractivity contribution is 7.22. The smallest absolute Gasteiger partial charge is 0.186 e. The summed E-state index contributed by atoms with van der Waals surface area (Å²) < 4.78 is 6.91. The van der Waals surface area contributed by atoms with Gasteiger partial charge in [0.05, 0.1) is 29.0 Å². The van der Waals surface area contributed by atoms with Gasteiger partial charge in [-0.15, -0.1) is 0 Å². The summed E-state index contributed by atoms with van der Waals surface area (Å²) in [4.78, 5) is 7.01. The number of rotatable bonds is 2. The molecule has 18 heavy (non-hydrogen) atoms. The first kappa shape index (κ1) is 11.9. The molecule has 1 aliphatic rings. The van der Waals surface area contributed by atoms with E-state index in [-0.39, 0.29) is 6.10 Å². The van der Waals surface area contributed by atoms with Gasteiger partial charge >= 0.3 is 0 Å². The van der Waals surface area contributed by atoms with Crippen molar-refractivity contribution in [2.75, 3.05) is 24.6 Å². The van der Waals surface area contributed by atoms with Gasteiger partial charge in [0.1, 0.15) is 0 Å². The SMILES string of the molecule is CC1COC(CN)CN1c1nc2ccccc2s1. The predicted octanol–water partition coefficient (Wildman–Crippen LogP) is 1.85. The van der Waals surface area contributed by atoms with Crippen LogP contribution >= 0.6 is 11.3 Å². The number of anilines is 1. The third kappa shape index (κ3) is 2.09. The molecule has 0 bridgehead atoms. The van der Waals surface area contributed by atoms with Crippen molar-refractivity contribution in [3.63, 3.8) is 0 Å². The normalized spacial score (nSPS) is 24.7. The van der Waals surface area contributed by atoms with Crippen LogP contribution < -0.4 is 10.6 Å². The molecule has 1 fully saturated rings. The van der Waals surface area contributed by atoms with Crippen LogP contribution in [0.25, 0.3) is 10.2 Å². The van der Waals surface area contributed by atoms with Gasteiger partial charge in [-0.1, -0.05) is 23.5 Å². The van der Waals surface area contributed by atoms with Crippen LogP contribution in [-0.2, 0) is 4.74 Å². The van der Waals surface area contributed by atoms with Gasteiger partial charge in [-0.2, -0.15) is 0 Å². The Morgan fingerprint density at radius 2 is 2.33 bits per heavy atom. The molecule has 2 N–H and O–H groups in total. The van der Waals surface area contributed by atoms with E-state index in [2.05, 4.69) is 30.0 Å². The van der Waals surface area contributed by atoms with E-state index in [4.69, 9.17) is 15.5 Å².